The van der Waals surface area contributed by atoms with Crippen LogP contribution in [0, 0.1) is 0 Å². The highest BCUT2D eigenvalue weighted by Gasteiger charge is 2.17. The van der Waals surface area contributed by atoms with E-state index in [0.29, 0.717) is 6.04 Å². The SMILES string of the molecule is Cl.NC1CCCN(Cc2cccc3cccnc23)C1. The van der Waals surface area contributed by atoms with E-state index in [1.807, 2.05) is 12.3 Å². The molecule has 4 heteroatoms. The number of benzene rings is 1. The van der Waals surface area contributed by atoms with Crippen molar-refractivity contribution in [1.29, 1.82) is 0 Å². The Morgan fingerprint density at radius 1 is 1.26 bits per heavy atom. The molecule has 1 atom stereocenters. The number of rotatable bonds is 2. The Bertz CT molecular complexity index is 538. The minimum absolute atomic E-state index is 0. The van der Waals surface area contributed by atoms with Crippen molar-refractivity contribution < 1.29 is 0 Å². The van der Waals surface area contributed by atoms with Gasteiger partial charge in [-0.05, 0) is 31.0 Å². The molecule has 0 saturated carbocycles. The molecule has 1 aliphatic heterocycles. The van der Waals surface area contributed by atoms with Gasteiger partial charge in [0.1, 0.15) is 0 Å². The topological polar surface area (TPSA) is 42.1 Å². The molecule has 2 aromatic rings. The van der Waals surface area contributed by atoms with E-state index in [2.05, 4.69) is 34.1 Å². The molecule has 1 aliphatic rings. The summed E-state index contributed by atoms with van der Waals surface area (Å²) in [6.07, 6.45) is 4.23. The molecule has 0 aliphatic carbocycles. The number of halogens is 1. The van der Waals surface area contributed by atoms with E-state index in [9.17, 15) is 0 Å². The van der Waals surface area contributed by atoms with Crippen LogP contribution in [-0.4, -0.2) is 29.0 Å². The van der Waals surface area contributed by atoms with Crippen molar-refractivity contribution in [3.63, 3.8) is 0 Å². The maximum atomic E-state index is 6.03. The number of hydrogen-bond acceptors (Lipinski definition) is 3. The number of nitrogens with two attached hydrogens (primary N) is 1. The first-order valence-corrected chi connectivity index (χ1v) is 6.63. The third-order valence-electron chi connectivity index (χ3n) is 3.65. The summed E-state index contributed by atoms with van der Waals surface area (Å²) in [5, 5.41) is 1.22. The van der Waals surface area contributed by atoms with Crippen LogP contribution in [0.2, 0.25) is 0 Å². The number of fused-ring (bicyclic) bond motifs is 1. The van der Waals surface area contributed by atoms with Gasteiger partial charge in [0.2, 0.25) is 0 Å². The quantitative estimate of drug-likeness (QED) is 0.917. The first-order chi connectivity index (χ1) is 8.83. The Balaban J connectivity index is 0.00000133. The molecule has 0 radical (unpaired) electrons. The second-order valence-corrected chi connectivity index (χ2v) is 5.13. The first kappa shape index (κ1) is 14.3. The molecule has 102 valence electrons. The fraction of sp³-hybridized carbons (Fsp3) is 0.400. The van der Waals surface area contributed by atoms with Crippen LogP contribution in [0.5, 0.6) is 0 Å². The molecule has 0 bridgehead atoms. The molecule has 0 amide bonds. The maximum Gasteiger partial charge on any atom is 0.0746 e. The summed E-state index contributed by atoms with van der Waals surface area (Å²) in [5.74, 6) is 0. The molecule has 19 heavy (non-hydrogen) atoms. The lowest BCUT2D eigenvalue weighted by Crippen LogP contribution is -2.42. The van der Waals surface area contributed by atoms with Gasteiger partial charge in [-0.25, -0.2) is 0 Å². The first-order valence-electron chi connectivity index (χ1n) is 6.63. The second kappa shape index (κ2) is 6.33. The normalized spacial score (nSPS) is 20.2. The smallest absolute Gasteiger partial charge is 0.0746 e. The van der Waals surface area contributed by atoms with Crippen LogP contribution < -0.4 is 5.73 Å². The molecule has 1 aromatic heterocycles. The molecular formula is C15H20ClN3. The van der Waals surface area contributed by atoms with Crippen LogP contribution in [0.15, 0.2) is 36.5 Å². The van der Waals surface area contributed by atoms with Crippen molar-refractivity contribution in [2.45, 2.75) is 25.4 Å². The molecule has 2 heterocycles. The number of aromatic nitrogens is 1. The molecule has 1 fully saturated rings. The zero-order valence-corrected chi connectivity index (χ0v) is 11.8. The summed E-state index contributed by atoms with van der Waals surface area (Å²) in [6, 6.07) is 10.9. The number of nitrogens with zero attached hydrogens (tertiary/aromatic N) is 2. The van der Waals surface area contributed by atoms with Crippen LogP contribution in [0.3, 0.4) is 0 Å². The summed E-state index contributed by atoms with van der Waals surface area (Å²) < 4.78 is 0. The van der Waals surface area contributed by atoms with E-state index in [4.69, 9.17) is 5.73 Å². The number of hydrogen-bond donors (Lipinski definition) is 1. The lowest BCUT2D eigenvalue weighted by Gasteiger charge is -2.30. The molecule has 3 rings (SSSR count). The van der Waals surface area contributed by atoms with Gasteiger partial charge in [-0.15, -0.1) is 12.4 Å². The lowest BCUT2D eigenvalue weighted by molar-refractivity contribution is 0.202. The lowest BCUT2D eigenvalue weighted by atomic mass is 10.0. The van der Waals surface area contributed by atoms with Gasteiger partial charge in [-0.1, -0.05) is 24.3 Å². The molecule has 1 saturated heterocycles. The molecule has 3 nitrogen and oxygen atoms in total. The highest BCUT2D eigenvalue weighted by molar-refractivity contribution is 5.85. The maximum absolute atomic E-state index is 6.03. The second-order valence-electron chi connectivity index (χ2n) is 5.13. The summed E-state index contributed by atoms with van der Waals surface area (Å²) in [6.45, 7) is 3.11. The third-order valence-corrected chi connectivity index (χ3v) is 3.65. The monoisotopic (exact) mass is 277 g/mol. The van der Waals surface area contributed by atoms with Crippen LogP contribution in [-0.2, 0) is 6.54 Å². The van der Waals surface area contributed by atoms with Gasteiger partial charge < -0.3 is 5.73 Å². The van der Waals surface area contributed by atoms with Crippen LogP contribution in [0.1, 0.15) is 18.4 Å². The zero-order chi connectivity index (χ0) is 12.4. The minimum Gasteiger partial charge on any atom is -0.327 e. The summed E-state index contributed by atoms with van der Waals surface area (Å²) in [4.78, 5) is 6.95. The van der Waals surface area contributed by atoms with E-state index < -0.39 is 0 Å². The van der Waals surface area contributed by atoms with Gasteiger partial charge in [0.05, 0.1) is 5.52 Å². The molecule has 2 N–H and O–H groups in total. The standard InChI is InChI=1S/C15H19N3.ClH/c16-14-7-3-9-18(11-14)10-13-5-1-4-12-6-2-8-17-15(12)13;/h1-2,4-6,8,14H,3,7,9-11,16H2;1H. The van der Waals surface area contributed by atoms with Crippen LogP contribution >= 0.6 is 12.4 Å². The highest BCUT2D eigenvalue weighted by atomic mass is 35.5. The summed E-state index contributed by atoms with van der Waals surface area (Å²) in [5.41, 5.74) is 8.47. The third kappa shape index (κ3) is 3.24. The average molecular weight is 278 g/mol. The van der Waals surface area contributed by atoms with Gasteiger partial charge >= 0.3 is 0 Å². The van der Waals surface area contributed by atoms with Gasteiger partial charge in [0, 0.05) is 30.7 Å². The van der Waals surface area contributed by atoms with Crippen molar-refractivity contribution in [2.75, 3.05) is 13.1 Å². The Hall–Kier alpha value is -1.16. The zero-order valence-electron chi connectivity index (χ0n) is 11.0. The predicted molar refractivity (Wildman–Crippen MR) is 81.5 cm³/mol. The van der Waals surface area contributed by atoms with E-state index in [-0.39, 0.29) is 12.4 Å². The van der Waals surface area contributed by atoms with Crippen molar-refractivity contribution in [2.24, 2.45) is 5.73 Å². The van der Waals surface area contributed by atoms with Gasteiger partial charge in [0.25, 0.3) is 0 Å². The Morgan fingerprint density at radius 2 is 2.11 bits per heavy atom. The highest BCUT2D eigenvalue weighted by Crippen LogP contribution is 2.19. The van der Waals surface area contributed by atoms with Crippen molar-refractivity contribution >= 4 is 23.3 Å². The van der Waals surface area contributed by atoms with Crippen molar-refractivity contribution in [3.8, 4) is 0 Å². The molecule has 1 unspecified atom stereocenters. The Morgan fingerprint density at radius 3 is 2.95 bits per heavy atom. The molecular weight excluding hydrogens is 258 g/mol. The van der Waals surface area contributed by atoms with E-state index in [1.54, 1.807) is 0 Å². The van der Waals surface area contributed by atoms with Crippen molar-refractivity contribution in [3.05, 3.63) is 42.1 Å². The number of para-hydroxylation sites is 1. The number of likely N-dealkylation sites (tertiary alicyclic amines) is 1. The van der Waals surface area contributed by atoms with E-state index in [0.717, 1.165) is 31.6 Å². The van der Waals surface area contributed by atoms with E-state index >= 15 is 0 Å². The molecule has 1 aromatic carbocycles. The van der Waals surface area contributed by atoms with Gasteiger partial charge in [-0.2, -0.15) is 0 Å². The Labute approximate surface area is 120 Å². The molecule has 0 spiro atoms. The summed E-state index contributed by atoms with van der Waals surface area (Å²) >= 11 is 0. The predicted octanol–water partition coefficient (Wildman–Crippen LogP) is 2.58. The number of pyridine rings is 1. The fourth-order valence-electron chi connectivity index (χ4n) is 2.77. The van der Waals surface area contributed by atoms with Crippen molar-refractivity contribution in [1.82, 2.24) is 9.88 Å². The van der Waals surface area contributed by atoms with Crippen LogP contribution in [0.25, 0.3) is 10.9 Å². The van der Waals surface area contributed by atoms with Gasteiger partial charge in [-0.3, -0.25) is 9.88 Å². The Kier molecular flexibility index (Phi) is 4.75. The minimum atomic E-state index is 0. The largest absolute Gasteiger partial charge is 0.327 e. The van der Waals surface area contributed by atoms with Crippen LogP contribution in [0.4, 0.5) is 0 Å². The number of piperidine rings is 1. The average Bonchev–Trinajstić information content (AvgIpc) is 2.39. The van der Waals surface area contributed by atoms with Gasteiger partial charge in [0.15, 0.2) is 0 Å². The van der Waals surface area contributed by atoms with E-state index in [1.165, 1.54) is 17.4 Å². The summed E-state index contributed by atoms with van der Waals surface area (Å²) in [7, 11) is 0. The fourth-order valence-corrected chi connectivity index (χ4v) is 2.77.